The predicted octanol–water partition coefficient (Wildman–Crippen LogP) is 3.90. The molecule has 1 N–H and O–H groups in total. The molecule has 2 aliphatic heterocycles. The molecular formula is C25H20F3N3O6S3. The third-order valence-electron chi connectivity index (χ3n) is 5.83. The van der Waals surface area contributed by atoms with Crippen LogP contribution in [0.15, 0.2) is 72.1 Å². The summed E-state index contributed by atoms with van der Waals surface area (Å²) in [6, 6.07) is 17.9. The van der Waals surface area contributed by atoms with E-state index in [1.165, 1.54) is 0 Å². The Morgan fingerprint density at radius 1 is 1.15 bits per heavy atom. The Labute approximate surface area is 237 Å². The number of carbonyl (C=O) groups excluding carboxylic acids is 2. The third kappa shape index (κ3) is 6.08. The number of β-lactam (4-membered cyclic amide) rings is 1. The fraction of sp³-hybridized carbons (Fsp3) is 0.280. The van der Waals surface area contributed by atoms with Gasteiger partial charge in [0.15, 0.2) is 17.6 Å². The van der Waals surface area contributed by atoms with E-state index in [1.54, 1.807) is 60.7 Å². The molecule has 4 rings (SSSR count). The molecule has 40 heavy (non-hydrogen) atoms. The van der Waals surface area contributed by atoms with E-state index in [1.807, 2.05) is 6.07 Å². The highest BCUT2D eigenvalue weighted by Crippen LogP contribution is 2.43. The number of ether oxygens (including phenoxy) is 1. The van der Waals surface area contributed by atoms with Crippen molar-refractivity contribution in [1.29, 1.82) is 5.26 Å². The van der Waals surface area contributed by atoms with Crippen molar-refractivity contribution in [2.45, 2.75) is 35.9 Å². The van der Waals surface area contributed by atoms with Crippen LogP contribution in [-0.2, 0) is 28.6 Å². The molecule has 1 fully saturated rings. The Hall–Kier alpha value is -3.61. The van der Waals surface area contributed by atoms with Crippen LogP contribution < -0.4 is 5.32 Å². The largest absolute Gasteiger partial charge is 0.534 e. The second-order valence-electron chi connectivity index (χ2n) is 8.47. The number of hydrogen-bond donors (Lipinski definition) is 1. The zero-order valence-electron chi connectivity index (χ0n) is 20.3. The third-order valence-corrected chi connectivity index (χ3v) is 8.39. The van der Waals surface area contributed by atoms with Crippen LogP contribution in [-0.4, -0.2) is 52.9 Å². The van der Waals surface area contributed by atoms with E-state index < -0.39 is 62.2 Å². The quantitative estimate of drug-likeness (QED) is 0.147. The van der Waals surface area contributed by atoms with Crippen molar-refractivity contribution >= 4 is 51.0 Å². The van der Waals surface area contributed by atoms with Crippen LogP contribution in [0.25, 0.3) is 0 Å². The molecule has 1 saturated heterocycles. The van der Waals surface area contributed by atoms with Gasteiger partial charge < -0.3 is 14.2 Å². The van der Waals surface area contributed by atoms with Crippen molar-refractivity contribution < 1.29 is 40.1 Å². The summed E-state index contributed by atoms with van der Waals surface area (Å²) in [5.74, 6) is -3.39. The number of amides is 1. The lowest BCUT2D eigenvalue weighted by Gasteiger charge is -2.49. The van der Waals surface area contributed by atoms with Crippen LogP contribution in [0.2, 0.25) is 0 Å². The van der Waals surface area contributed by atoms with Gasteiger partial charge in [0, 0.05) is 12.8 Å². The minimum Gasteiger partial charge on any atom is -0.448 e. The molecule has 2 aromatic carbocycles. The van der Waals surface area contributed by atoms with E-state index >= 15 is 0 Å². The summed E-state index contributed by atoms with van der Waals surface area (Å²) >= 11 is 6.03. The van der Waals surface area contributed by atoms with E-state index in [4.69, 9.17) is 22.2 Å². The van der Waals surface area contributed by atoms with Gasteiger partial charge in [0.25, 0.3) is 5.91 Å². The van der Waals surface area contributed by atoms with E-state index in [9.17, 15) is 31.2 Å². The highest BCUT2D eigenvalue weighted by atomic mass is 32.2. The zero-order chi connectivity index (χ0) is 29.1. The molecule has 2 heterocycles. The van der Waals surface area contributed by atoms with Crippen molar-refractivity contribution in [3.05, 3.63) is 83.2 Å². The van der Waals surface area contributed by atoms with Gasteiger partial charge in [-0.2, -0.15) is 26.9 Å². The van der Waals surface area contributed by atoms with Crippen LogP contribution >= 0.6 is 24.0 Å². The maximum absolute atomic E-state index is 13.6. The predicted molar refractivity (Wildman–Crippen MR) is 141 cm³/mol. The molecule has 2 atom stereocenters. The first-order valence-electron chi connectivity index (χ1n) is 11.6. The molecule has 210 valence electrons. The number of thioether (sulfide) groups is 1. The second-order valence-corrected chi connectivity index (χ2v) is 11.6. The van der Waals surface area contributed by atoms with Gasteiger partial charge in [-0.15, -0.1) is 11.8 Å². The maximum atomic E-state index is 13.6. The van der Waals surface area contributed by atoms with Gasteiger partial charge in [0.1, 0.15) is 11.4 Å². The smallest absolute Gasteiger partial charge is 0.448 e. The highest BCUT2D eigenvalue weighted by Gasteiger charge is 2.57. The van der Waals surface area contributed by atoms with Gasteiger partial charge in [-0.25, -0.2) is 4.79 Å². The van der Waals surface area contributed by atoms with Gasteiger partial charge in [0.05, 0.1) is 16.8 Å². The molecule has 0 aliphatic carbocycles. The number of carbonyl (C=O) groups is 2. The Morgan fingerprint density at radius 2 is 1.73 bits per heavy atom. The summed E-state index contributed by atoms with van der Waals surface area (Å²) in [5.41, 5.74) is -5.48. The molecule has 9 nitrogen and oxygen atoms in total. The van der Waals surface area contributed by atoms with E-state index in [2.05, 4.69) is 9.50 Å². The lowest BCUT2D eigenvalue weighted by Crippen LogP contribution is -2.70. The normalized spacial score (nSPS) is 18.9. The van der Waals surface area contributed by atoms with Gasteiger partial charge >= 0.3 is 21.6 Å². The fourth-order valence-electron chi connectivity index (χ4n) is 3.99. The second kappa shape index (κ2) is 11.9. The van der Waals surface area contributed by atoms with Crippen molar-refractivity contribution in [3.8, 4) is 6.07 Å². The number of benzene rings is 2. The van der Waals surface area contributed by atoms with Crippen molar-refractivity contribution in [3.63, 3.8) is 0 Å². The SMILES string of the molecule is N#CCCC(=S)NC1C(=O)N2C(C(=O)OC(c3ccccc3)c3ccccc3)=C(OS(=O)(=O)C(F)(F)F)CS[C@H]12. The van der Waals surface area contributed by atoms with Crippen LogP contribution in [0.3, 0.4) is 0 Å². The molecule has 0 aromatic heterocycles. The minimum atomic E-state index is -6.16. The number of esters is 1. The number of hydrogen-bond acceptors (Lipinski definition) is 9. The molecule has 0 bridgehead atoms. The molecular weight excluding hydrogens is 591 g/mol. The number of nitrogens with zero attached hydrogens (tertiary/aromatic N) is 2. The molecule has 0 radical (unpaired) electrons. The average Bonchev–Trinajstić information content (AvgIpc) is 2.93. The van der Waals surface area contributed by atoms with Crippen LogP contribution in [0.5, 0.6) is 0 Å². The Kier molecular flexibility index (Phi) is 8.71. The van der Waals surface area contributed by atoms with Gasteiger partial charge in [-0.1, -0.05) is 72.9 Å². The van der Waals surface area contributed by atoms with Crippen molar-refractivity contribution in [1.82, 2.24) is 10.2 Å². The number of rotatable bonds is 9. The highest BCUT2D eigenvalue weighted by molar-refractivity contribution is 8.00. The molecule has 0 saturated carbocycles. The fourth-order valence-corrected chi connectivity index (χ4v) is 6.04. The van der Waals surface area contributed by atoms with Gasteiger partial charge in [0.2, 0.25) is 0 Å². The van der Waals surface area contributed by atoms with Crippen molar-refractivity contribution in [2.75, 3.05) is 5.75 Å². The Bertz CT molecular complexity index is 1440. The summed E-state index contributed by atoms with van der Waals surface area (Å²) in [6.07, 6.45) is -0.773. The number of halogens is 3. The van der Waals surface area contributed by atoms with E-state index in [0.717, 1.165) is 16.7 Å². The first-order valence-corrected chi connectivity index (χ1v) is 14.5. The summed E-state index contributed by atoms with van der Waals surface area (Å²) < 4.78 is 73.3. The number of thiocarbonyl (C=S) groups is 1. The molecule has 15 heteroatoms. The molecule has 2 aromatic rings. The monoisotopic (exact) mass is 611 g/mol. The topological polar surface area (TPSA) is 126 Å². The number of nitrogens with one attached hydrogen (secondary N) is 1. The average molecular weight is 612 g/mol. The first kappa shape index (κ1) is 29.4. The van der Waals surface area contributed by atoms with E-state index in [0.29, 0.717) is 11.1 Å². The maximum Gasteiger partial charge on any atom is 0.534 e. The lowest BCUT2D eigenvalue weighted by atomic mass is 10.0. The summed E-state index contributed by atoms with van der Waals surface area (Å²) in [7, 11) is -6.16. The van der Waals surface area contributed by atoms with Gasteiger partial charge in [-0.3, -0.25) is 9.69 Å². The Balaban J connectivity index is 1.70. The summed E-state index contributed by atoms with van der Waals surface area (Å²) in [5, 5.41) is 10.7. The van der Waals surface area contributed by atoms with Crippen LogP contribution in [0.4, 0.5) is 13.2 Å². The molecule has 1 amide bonds. The number of fused-ring (bicyclic) bond motifs is 1. The Morgan fingerprint density at radius 3 is 2.25 bits per heavy atom. The lowest BCUT2D eigenvalue weighted by molar-refractivity contribution is -0.153. The standard InChI is InChI=1S/C25H20F3N3O6S3/c26-25(27,28)40(34,35)37-17-14-39-23-19(30-18(38)12-7-13-29)22(32)31(23)20(17)24(33)36-21(15-8-3-1-4-9-15)16-10-5-2-6-11-16/h1-6,8-11,19,21,23H,7,12,14H2,(H,30,38)/t19?,23-/m1/s1. The summed E-state index contributed by atoms with van der Waals surface area (Å²) in [6.45, 7) is 0. The van der Waals surface area contributed by atoms with Crippen LogP contribution in [0, 0.1) is 11.3 Å². The molecule has 1 unspecified atom stereocenters. The van der Waals surface area contributed by atoms with Gasteiger partial charge in [-0.05, 0) is 11.1 Å². The van der Waals surface area contributed by atoms with E-state index in [-0.39, 0.29) is 17.8 Å². The number of nitriles is 1. The summed E-state index contributed by atoms with van der Waals surface area (Å²) in [4.78, 5) is 27.7. The zero-order valence-corrected chi connectivity index (χ0v) is 22.8. The molecule has 0 spiro atoms. The van der Waals surface area contributed by atoms with Crippen LogP contribution in [0.1, 0.15) is 30.1 Å². The molecule has 2 aliphatic rings. The first-order chi connectivity index (χ1) is 18.9. The number of alkyl halides is 3. The minimum absolute atomic E-state index is 0.0966. The van der Waals surface area contributed by atoms with Crippen molar-refractivity contribution in [2.24, 2.45) is 0 Å².